The average molecular weight is 406 g/mol. The molecule has 0 saturated carbocycles. The van der Waals surface area contributed by atoms with Gasteiger partial charge in [0.25, 0.3) is 0 Å². The van der Waals surface area contributed by atoms with E-state index in [0.717, 1.165) is 76.3 Å². The van der Waals surface area contributed by atoms with Gasteiger partial charge in [0.2, 0.25) is 5.91 Å². The number of hydrogen-bond acceptors (Lipinski definition) is 4. The largest absolute Gasteiger partial charge is 0.495 e. The molecule has 0 bridgehead atoms. The van der Waals surface area contributed by atoms with Crippen molar-refractivity contribution in [3.8, 4) is 5.75 Å². The number of benzene rings is 2. The van der Waals surface area contributed by atoms with Crippen LogP contribution in [0.5, 0.6) is 5.75 Å². The lowest BCUT2D eigenvalue weighted by Crippen LogP contribution is -2.47. The van der Waals surface area contributed by atoms with Gasteiger partial charge in [0.05, 0.1) is 18.2 Å². The normalized spacial score (nSPS) is 23.2. The van der Waals surface area contributed by atoms with Gasteiger partial charge in [-0.3, -0.25) is 9.69 Å². The Morgan fingerprint density at radius 2 is 1.90 bits per heavy atom. The molecule has 5 heteroatoms. The molecule has 2 heterocycles. The number of ether oxygens (including phenoxy) is 1. The summed E-state index contributed by atoms with van der Waals surface area (Å²) < 4.78 is 5.53. The molecule has 1 aliphatic carbocycles. The molecule has 1 saturated heterocycles. The van der Waals surface area contributed by atoms with Crippen LogP contribution in [-0.4, -0.2) is 50.6 Å². The number of carbonyl (C=O) groups excluding carboxylic acids is 1. The number of nitrogens with one attached hydrogen (secondary N) is 1. The quantitative estimate of drug-likeness (QED) is 0.794. The first-order valence-electron chi connectivity index (χ1n) is 11.3. The fourth-order valence-corrected chi connectivity index (χ4v) is 5.72. The van der Waals surface area contributed by atoms with Crippen LogP contribution in [-0.2, 0) is 16.6 Å². The third-order valence-corrected chi connectivity index (χ3v) is 7.24. The molecule has 5 nitrogen and oxygen atoms in total. The molecule has 0 aromatic heterocycles. The van der Waals surface area contributed by atoms with Gasteiger partial charge in [0.1, 0.15) is 5.75 Å². The predicted molar refractivity (Wildman–Crippen MR) is 121 cm³/mol. The zero-order valence-electron chi connectivity index (χ0n) is 17.8. The minimum atomic E-state index is -0.288. The van der Waals surface area contributed by atoms with Crippen LogP contribution in [0.3, 0.4) is 0 Å². The van der Waals surface area contributed by atoms with Crippen LogP contribution in [0.1, 0.15) is 36.8 Å². The van der Waals surface area contributed by atoms with Gasteiger partial charge in [-0.2, -0.15) is 0 Å². The van der Waals surface area contributed by atoms with E-state index in [1.54, 1.807) is 7.11 Å². The van der Waals surface area contributed by atoms with Crippen LogP contribution in [0.25, 0.3) is 0 Å². The fraction of sp³-hybridized carbons (Fsp3) is 0.480. The van der Waals surface area contributed by atoms with E-state index in [0.29, 0.717) is 0 Å². The van der Waals surface area contributed by atoms with Gasteiger partial charge in [-0.15, -0.1) is 0 Å². The maximum Gasteiger partial charge on any atom is 0.235 e. The van der Waals surface area contributed by atoms with Gasteiger partial charge in [0, 0.05) is 31.9 Å². The van der Waals surface area contributed by atoms with E-state index in [1.807, 2.05) is 12.1 Å². The Kier molecular flexibility index (Phi) is 5.15. The molecule has 3 aliphatic rings. The Morgan fingerprint density at radius 3 is 2.73 bits per heavy atom. The summed E-state index contributed by atoms with van der Waals surface area (Å²) in [6.45, 7) is 5.20. The van der Waals surface area contributed by atoms with Crippen molar-refractivity contribution >= 4 is 17.3 Å². The van der Waals surface area contributed by atoms with Gasteiger partial charge < -0.3 is 15.0 Å². The van der Waals surface area contributed by atoms with Crippen LogP contribution in [0, 0.1) is 0 Å². The summed E-state index contributed by atoms with van der Waals surface area (Å²) in [7, 11) is 1.74. The molecule has 1 amide bonds. The zero-order valence-corrected chi connectivity index (χ0v) is 17.8. The molecule has 2 aromatic rings. The van der Waals surface area contributed by atoms with Crippen molar-refractivity contribution < 1.29 is 9.53 Å². The second-order valence-corrected chi connectivity index (χ2v) is 8.83. The summed E-state index contributed by atoms with van der Waals surface area (Å²) in [6.07, 6.45) is 5.22. The summed E-state index contributed by atoms with van der Waals surface area (Å²) in [5, 5.41) is 3.17. The SMILES string of the molecule is COc1ccccc1N1CCN(CCCC23CCCc4cccc(c42)NC3=O)CC1. The Bertz CT molecular complexity index is 936. The topological polar surface area (TPSA) is 44.8 Å². The standard InChI is InChI=1S/C25H31N3O2/c1-30-22-11-3-2-10-21(22)28-17-15-27(16-18-28)14-6-13-25-12-5-8-19-7-4-9-20(23(19)25)26-24(25)29/h2-4,7,9-11H,5-6,8,12-18H2,1H3,(H,26,29). The Labute approximate surface area is 179 Å². The van der Waals surface area contributed by atoms with E-state index in [2.05, 4.69) is 45.4 Å². The number of nitrogens with zero attached hydrogens (tertiary/aromatic N) is 2. The maximum absolute atomic E-state index is 13.0. The van der Waals surface area contributed by atoms with Gasteiger partial charge in [-0.25, -0.2) is 0 Å². The molecule has 1 fully saturated rings. The first kappa shape index (κ1) is 19.4. The van der Waals surface area contributed by atoms with Crippen molar-refractivity contribution in [1.82, 2.24) is 4.90 Å². The minimum absolute atomic E-state index is 0.227. The maximum atomic E-state index is 13.0. The highest BCUT2D eigenvalue weighted by atomic mass is 16.5. The lowest BCUT2D eigenvalue weighted by Gasteiger charge is -2.37. The van der Waals surface area contributed by atoms with Crippen molar-refractivity contribution in [2.75, 3.05) is 50.1 Å². The number of amides is 1. The molecule has 158 valence electrons. The smallest absolute Gasteiger partial charge is 0.235 e. The average Bonchev–Trinajstić information content (AvgIpc) is 3.07. The molecule has 5 rings (SSSR count). The van der Waals surface area contributed by atoms with Crippen LogP contribution in [0.4, 0.5) is 11.4 Å². The second kappa shape index (κ2) is 7.95. The van der Waals surface area contributed by atoms with Gasteiger partial charge >= 0.3 is 0 Å². The van der Waals surface area contributed by atoms with Crippen LogP contribution in [0.15, 0.2) is 42.5 Å². The molecule has 2 aliphatic heterocycles. The van der Waals surface area contributed by atoms with E-state index in [1.165, 1.54) is 16.8 Å². The number of piperazine rings is 1. The van der Waals surface area contributed by atoms with Crippen molar-refractivity contribution in [2.45, 2.75) is 37.5 Å². The van der Waals surface area contributed by atoms with Crippen molar-refractivity contribution in [3.05, 3.63) is 53.6 Å². The Balaban J connectivity index is 1.19. The number of carbonyl (C=O) groups is 1. The van der Waals surface area contributed by atoms with Crippen molar-refractivity contribution in [3.63, 3.8) is 0 Å². The number of anilines is 2. The molecular weight excluding hydrogens is 374 g/mol. The fourth-order valence-electron chi connectivity index (χ4n) is 5.72. The lowest BCUT2D eigenvalue weighted by molar-refractivity contribution is -0.121. The van der Waals surface area contributed by atoms with E-state index in [-0.39, 0.29) is 11.3 Å². The monoisotopic (exact) mass is 405 g/mol. The van der Waals surface area contributed by atoms with E-state index in [9.17, 15) is 4.79 Å². The van der Waals surface area contributed by atoms with Gasteiger partial charge in [-0.05, 0) is 68.0 Å². The summed E-state index contributed by atoms with van der Waals surface area (Å²) in [5.41, 5.74) is 4.64. The third-order valence-electron chi connectivity index (χ3n) is 7.24. The predicted octanol–water partition coefficient (Wildman–Crippen LogP) is 3.82. The second-order valence-electron chi connectivity index (χ2n) is 8.83. The third kappa shape index (κ3) is 3.25. The number of aryl methyl sites for hydroxylation is 1. The minimum Gasteiger partial charge on any atom is -0.495 e. The number of rotatable bonds is 6. The molecular formula is C25H31N3O2. The van der Waals surface area contributed by atoms with E-state index >= 15 is 0 Å². The highest BCUT2D eigenvalue weighted by molar-refractivity contribution is 6.07. The number of methoxy groups -OCH3 is 1. The first-order chi connectivity index (χ1) is 14.7. The number of hydrogen-bond donors (Lipinski definition) is 1. The molecule has 1 atom stereocenters. The summed E-state index contributed by atoms with van der Waals surface area (Å²) in [5.74, 6) is 1.18. The molecule has 30 heavy (non-hydrogen) atoms. The highest BCUT2D eigenvalue weighted by Crippen LogP contribution is 2.49. The van der Waals surface area contributed by atoms with Gasteiger partial charge in [0.15, 0.2) is 0 Å². The molecule has 1 unspecified atom stereocenters. The van der Waals surface area contributed by atoms with Crippen molar-refractivity contribution in [1.29, 1.82) is 0 Å². The highest BCUT2D eigenvalue weighted by Gasteiger charge is 2.48. The van der Waals surface area contributed by atoms with Crippen LogP contribution >= 0.6 is 0 Å². The van der Waals surface area contributed by atoms with E-state index < -0.39 is 0 Å². The van der Waals surface area contributed by atoms with Gasteiger partial charge in [-0.1, -0.05) is 24.3 Å². The Morgan fingerprint density at radius 1 is 1.07 bits per heavy atom. The lowest BCUT2D eigenvalue weighted by atomic mass is 9.68. The molecule has 0 radical (unpaired) electrons. The van der Waals surface area contributed by atoms with Crippen molar-refractivity contribution in [2.24, 2.45) is 0 Å². The first-order valence-corrected chi connectivity index (χ1v) is 11.3. The summed E-state index contributed by atoms with van der Waals surface area (Å²) in [4.78, 5) is 17.9. The van der Waals surface area contributed by atoms with E-state index in [4.69, 9.17) is 4.74 Å². The zero-order chi connectivity index (χ0) is 20.6. The molecule has 0 spiro atoms. The summed E-state index contributed by atoms with van der Waals surface area (Å²) >= 11 is 0. The van der Waals surface area contributed by atoms with Crippen LogP contribution < -0.4 is 15.0 Å². The summed E-state index contributed by atoms with van der Waals surface area (Å²) in [6, 6.07) is 14.6. The number of para-hydroxylation sites is 2. The molecule has 1 N–H and O–H groups in total. The van der Waals surface area contributed by atoms with Crippen LogP contribution in [0.2, 0.25) is 0 Å². The Hall–Kier alpha value is -2.53. The molecule has 2 aromatic carbocycles.